The second-order valence-corrected chi connectivity index (χ2v) is 6.43. The van der Waals surface area contributed by atoms with Crippen molar-refractivity contribution in [1.29, 1.82) is 0 Å². The third-order valence-corrected chi connectivity index (χ3v) is 4.08. The number of benzene rings is 2. The van der Waals surface area contributed by atoms with Crippen LogP contribution in [0.4, 0.5) is 13.2 Å². The lowest BCUT2D eigenvalue weighted by atomic mass is 10.2. The highest BCUT2D eigenvalue weighted by Gasteiger charge is 2.30. The van der Waals surface area contributed by atoms with Gasteiger partial charge in [0.05, 0.1) is 12.1 Å². The molecule has 2 aromatic carbocycles. The van der Waals surface area contributed by atoms with Crippen LogP contribution >= 0.6 is 0 Å². The van der Waals surface area contributed by atoms with Crippen LogP contribution in [-0.4, -0.2) is 24.0 Å². The number of aromatic nitrogens is 1. The first-order valence-electron chi connectivity index (χ1n) is 9.10. The van der Waals surface area contributed by atoms with Crippen molar-refractivity contribution in [3.63, 3.8) is 0 Å². The summed E-state index contributed by atoms with van der Waals surface area (Å²) in [7, 11) is 0. The molecule has 8 heteroatoms. The number of alkyl halides is 3. The average molecular weight is 416 g/mol. The molecule has 0 bridgehead atoms. The highest BCUT2D eigenvalue weighted by Crippen LogP contribution is 2.30. The van der Waals surface area contributed by atoms with Crippen LogP contribution in [0.15, 0.2) is 66.9 Å². The highest BCUT2D eigenvalue weighted by atomic mass is 19.4. The Kier molecular flexibility index (Phi) is 6.56. The topological polar surface area (TPSA) is 60.5 Å². The summed E-state index contributed by atoms with van der Waals surface area (Å²) in [6, 6.07) is 15.8. The molecule has 0 fully saturated rings. The Labute approximate surface area is 171 Å². The van der Waals surface area contributed by atoms with Crippen molar-refractivity contribution >= 4 is 5.91 Å². The highest BCUT2D eigenvalue weighted by molar-refractivity contribution is 5.94. The summed E-state index contributed by atoms with van der Waals surface area (Å²) >= 11 is 0. The number of amides is 1. The molecule has 0 spiro atoms. The molecule has 3 aromatic rings. The first kappa shape index (κ1) is 21.2. The molecular formula is C22H19F3N2O3. The van der Waals surface area contributed by atoms with Gasteiger partial charge in [-0.3, -0.25) is 4.79 Å². The maximum Gasteiger partial charge on any atom is 0.417 e. The molecule has 0 aliphatic rings. The second-order valence-electron chi connectivity index (χ2n) is 6.43. The zero-order valence-electron chi connectivity index (χ0n) is 16.1. The molecule has 30 heavy (non-hydrogen) atoms. The summed E-state index contributed by atoms with van der Waals surface area (Å²) in [5.74, 6) is 0.824. The monoisotopic (exact) mass is 416 g/mol. The van der Waals surface area contributed by atoms with Gasteiger partial charge in [0.25, 0.3) is 5.91 Å². The zero-order chi connectivity index (χ0) is 21.6. The molecule has 3 rings (SSSR count). The Morgan fingerprint density at radius 3 is 2.23 bits per heavy atom. The van der Waals surface area contributed by atoms with Gasteiger partial charge in [-0.1, -0.05) is 17.7 Å². The van der Waals surface area contributed by atoms with Crippen LogP contribution in [0, 0.1) is 6.92 Å². The second kappa shape index (κ2) is 9.30. The summed E-state index contributed by atoms with van der Waals surface area (Å²) in [6.45, 7) is 2.65. The van der Waals surface area contributed by atoms with Gasteiger partial charge < -0.3 is 14.8 Å². The van der Waals surface area contributed by atoms with Crippen LogP contribution < -0.4 is 14.8 Å². The fraction of sp³-hybridized carbons (Fsp3) is 0.182. The molecule has 156 valence electrons. The molecule has 0 radical (unpaired) electrons. The van der Waals surface area contributed by atoms with Crippen molar-refractivity contribution in [2.45, 2.75) is 13.1 Å². The van der Waals surface area contributed by atoms with Gasteiger partial charge in [-0.25, -0.2) is 4.98 Å². The number of pyridine rings is 1. The Bertz CT molecular complexity index is 971. The number of rotatable bonds is 7. The first-order valence-corrected chi connectivity index (χ1v) is 9.10. The summed E-state index contributed by atoms with van der Waals surface area (Å²) in [5, 5.41) is 2.75. The quantitative estimate of drug-likeness (QED) is 0.550. The lowest BCUT2D eigenvalue weighted by molar-refractivity contribution is -0.137. The van der Waals surface area contributed by atoms with Crippen LogP contribution in [0.2, 0.25) is 0 Å². The van der Waals surface area contributed by atoms with Crippen molar-refractivity contribution in [2.24, 2.45) is 0 Å². The minimum Gasteiger partial charge on any atom is -0.492 e. The number of carbonyl (C=O) groups is 1. The predicted octanol–water partition coefficient (Wildman–Crippen LogP) is 5.01. The van der Waals surface area contributed by atoms with Crippen LogP contribution in [0.1, 0.15) is 21.5 Å². The van der Waals surface area contributed by atoms with Gasteiger partial charge in [-0.05, 0) is 49.4 Å². The van der Waals surface area contributed by atoms with E-state index >= 15 is 0 Å². The van der Waals surface area contributed by atoms with E-state index < -0.39 is 11.7 Å². The Morgan fingerprint density at radius 2 is 1.63 bits per heavy atom. The Morgan fingerprint density at radius 1 is 0.967 bits per heavy atom. The van der Waals surface area contributed by atoms with E-state index in [1.54, 1.807) is 12.1 Å². The van der Waals surface area contributed by atoms with E-state index in [0.717, 1.165) is 23.4 Å². The average Bonchev–Trinajstić information content (AvgIpc) is 2.72. The Hall–Kier alpha value is -3.55. The third-order valence-electron chi connectivity index (χ3n) is 4.08. The van der Waals surface area contributed by atoms with Crippen molar-refractivity contribution in [3.8, 4) is 17.4 Å². The summed E-state index contributed by atoms with van der Waals surface area (Å²) in [6.07, 6.45) is -3.75. The molecule has 0 aliphatic heterocycles. The van der Waals surface area contributed by atoms with Crippen molar-refractivity contribution in [3.05, 3.63) is 83.6 Å². The molecule has 0 atom stereocenters. The van der Waals surface area contributed by atoms with Crippen molar-refractivity contribution in [1.82, 2.24) is 10.3 Å². The van der Waals surface area contributed by atoms with E-state index in [1.807, 2.05) is 31.2 Å². The van der Waals surface area contributed by atoms with Crippen LogP contribution in [-0.2, 0) is 6.18 Å². The van der Waals surface area contributed by atoms with E-state index in [1.165, 1.54) is 12.1 Å². The molecule has 0 saturated heterocycles. The third kappa shape index (κ3) is 5.97. The van der Waals surface area contributed by atoms with E-state index in [9.17, 15) is 18.0 Å². The van der Waals surface area contributed by atoms with Crippen LogP contribution in [0.25, 0.3) is 0 Å². The van der Waals surface area contributed by atoms with Gasteiger partial charge in [0.1, 0.15) is 18.1 Å². The number of nitrogens with one attached hydrogen (secondary N) is 1. The fourth-order valence-electron chi connectivity index (χ4n) is 2.47. The smallest absolute Gasteiger partial charge is 0.417 e. The number of carbonyl (C=O) groups excluding carboxylic acids is 1. The molecule has 5 nitrogen and oxygen atoms in total. The van der Waals surface area contributed by atoms with Crippen molar-refractivity contribution < 1.29 is 27.4 Å². The van der Waals surface area contributed by atoms with E-state index in [0.29, 0.717) is 30.7 Å². The molecular weight excluding hydrogens is 397 g/mol. The maximum absolute atomic E-state index is 12.6. The number of ether oxygens (including phenoxy) is 2. The number of halogens is 3. The number of hydrogen-bond acceptors (Lipinski definition) is 4. The maximum atomic E-state index is 12.6. The number of hydrogen-bond donors (Lipinski definition) is 1. The first-order chi connectivity index (χ1) is 14.3. The summed E-state index contributed by atoms with van der Waals surface area (Å²) in [5.41, 5.74) is 0.698. The molecule has 0 aliphatic carbocycles. The van der Waals surface area contributed by atoms with Crippen molar-refractivity contribution in [2.75, 3.05) is 13.2 Å². The molecule has 1 aromatic heterocycles. The minimum absolute atomic E-state index is 0.0217. The predicted molar refractivity (Wildman–Crippen MR) is 105 cm³/mol. The summed E-state index contributed by atoms with van der Waals surface area (Å²) in [4.78, 5) is 15.8. The molecule has 0 unspecified atom stereocenters. The normalized spacial score (nSPS) is 11.1. The van der Waals surface area contributed by atoms with Gasteiger partial charge in [0.2, 0.25) is 5.88 Å². The summed E-state index contributed by atoms with van der Waals surface area (Å²) < 4.78 is 48.6. The van der Waals surface area contributed by atoms with Crippen LogP contribution in [0.5, 0.6) is 17.4 Å². The van der Waals surface area contributed by atoms with E-state index in [4.69, 9.17) is 9.47 Å². The van der Waals surface area contributed by atoms with Gasteiger partial charge >= 0.3 is 6.18 Å². The van der Waals surface area contributed by atoms with Gasteiger partial charge in [0, 0.05) is 17.8 Å². The molecule has 0 saturated carbocycles. The lowest BCUT2D eigenvalue weighted by Crippen LogP contribution is -2.28. The minimum atomic E-state index is -4.45. The number of aryl methyl sites for hydroxylation is 1. The standard InChI is InChI=1S/C22H19F3N2O3/c1-15-2-7-18(8-3-15)29-13-12-26-21(28)16-4-9-19(10-5-16)30-20-11-6-17(14-27-20)22(23,24)25/h2-11,14H,12-13H2,1H3,(H,26,28). The molecule has 1 amide bonds. The van der Waals surface area contributed by atoms with Crippen LogP contribution in [0.3, 0.4) is 0 Å². The van der Waals surface area contributed by atoms with E-state index in [2.05, 4.69) is 10.3 Å². The molecule has 1 N–H and O–H groups in total. The molecule has 1 heterocycles. The SMILES string of the molecule is Cc1ccc(OCCNC(=O)c2ccc(Oc3ccc(C(F)(F)F)cn3)cc2)cc1. The number of nitrogens with zero attached hydrogens (tertiary/aromatic N) is 1. The van der Waals surface area contributed by atoms with Gasteiger partial charge in [0.15, 0.2) is 0 Å². The fourth-order valence-corrected chi connectivity index (χ4v) is 2.47. The van der Waals surface area contributed by atoms with Gasteiger partial charge in [-0.2, -0.15) is 13.2 Å². The lowest BCUT2D eigenvalue weighted by Gasteiger charge is -2.09. The van der Waals surface area contributed by atoms with Gasteiger partial charge in [-0.15, -0.1) is 0 Å². The largest absolute Gasteiger partial charge is 0.492 e. The Balaban J connectivity index is 1.47. The van der Waals surface area contributed by atoms with E-state index in [-0.39, 0.29) is 11.8 Å². The zero-order valence-corrected chi connectivity index (χ0v) is 16.1.